The highest BCUT2D eigenvalue weighted by Crippen LogP contribution is 2.38. The highest BCUT2D eigenvalue weighted by molar-refractivity contribution is 5.98. The molecule has 1 aromatic heterocycles. The molecule has 20 heavy (non-hydrogen) atoms. The molecule has 1 fully saturated rings. The van der Waals surface area contributed by atoms with Gasteiger partial charge >= 0.3 is 0 Å². The Morgan fingerprint density at radius 1 is 1.20 bits per heavy atom. The summed E-state index contributed by atoms with van der Waals surface area (Å²) in [6.07, 6.45) is 6.02. The molecule has 110 valence electrons. The summed E-state index contributed by atoms with van der Waals surface area (Å²) in [4.78, 5) is 12.3. The topological polar surface area (TPSA) is 31.2 Å². The Kier molecular flexibility index (Phi) is 3.28. The van der Waals surface area contributed by atoms with Crippen molar-refractivity contribution in [3.8, 4) is 0 Å². The van der Waals surface area contributed by atoms with E-state index in [2.05, 4.69) is 31.5 Å². The molecule has 1 aromatic rings. The van der Waals surface area contributed by atoms with Crippen LogP contribution in [0.5, 0.6) is 0 Å². The molecule has 0 amide bonds. The predicted molar refractivity (Wildman–Crippen MR) is 79.0 cm³/mol. The van der Waals surface area contributed by atoms with Crippen LogP contribution in [0.25, 0.3) is 0 Å². The van der Waals surface area contributed by atoms with Crippen molar-refractivity contribution in [1.82, 2.24) is 4.57 Å². The van der Waals surface area contributed by atoms with Crippen LogP contribution >= 0.6 is 0 Å². The van der Waals surface area contributed by atoms with E-state index in [9.17, 15) is 4.79 Å². The molecule has 0 bridgehead atoms. The molecule has 0 atom stereocenters. The van der Waals surface area contributed by atoms with Crippen LogP contribution in [0.1, 0.15) is 56.1 Å². The molecule has 1 aliphatic heterocycles. The number of ether oxygens (including phenoxy) is 1. The minimum Gasteiger partial charge on any atom is -0.381 e. The number of hydrogen-bond acceptors (Lipinski definition) is 2. The van der Waals surface area contributed by atoms with E-state index < -0.39 is 0 Å². The van der Waals surface area contributed by atoms with Gasteiger partial charge in [0.1, 0.15) is 0 Å². The maximum Gasteiger partial charge on any atom is 0.165 e. The van der Waals surface area contributed by atoms with Crippen LogP contribution in [0.3, 0.4) is 0 Å². The molecule has 0 N–H and O–H groups in total. The molecule has 0 radical (unpaired) electrons. The lowest BCUT2D eigenvalue weighted by Gasteiger charge is -2.36. The third-order valence-electron chi connectivity index (χ3n) is 4.92. The zero-order chi connectivity index (χ0) is 14.4. The molecule has 2 aliphatic rings. The minimum atomic E-state index is 0.0940. The van der Waals surface area contributed by atoms with Crippen LogP contribution in [0, 0.1) is 10.8 Å². The summed E-state index contributed by atoms with van der Waals surface area (Å²) in [6, 6.07) is 2.02. The zero-order valence-electron chi connectivity index (χ0n) is 12.9. The molecule has 3 nitrogen and oxygen atoms in total. The number of aromatic nitrogens is 1. The van der Waals surface area contributed by atoms with Crippen LogP contribution in [-0.4, -0.2) is 23.6 Å². The highest BCUT2D eigenvalue weighted by Gasteiger charge is 2.35. The largest absolute Gasteiger partial charge is 0.381 e. The maximum absolute atomic E-state index is 12.3. The van der Waals surface area contributed by atoms with E-state index in [0.29, 0.717) is 17.6 Å². The second-order valence-electron chi connectivity index (χ2n) is 7.67. The first-order valence-corrected chi connectivity index (χ1v) is 7.68. The fourth-order valence-corrected chi connectivity index (χ4v) is 3.58. The van der Waals surface area contributed by atoms with Gasteiger partial charge in [-0.25, -0.2) is 0 Å². The molecule has 0 saturated carbocycles. The lowest BCUT2D eigenvalue weighted by atomic mass is 9.76. The van der Waals surface area contributed by atoms with Gasteiger partial charge in [-0.1, -0.05) is 20.8 Å². The third kappa shape index (κ3) is 2.56. The van der Waals surface area contributed by atoms with Crippen molar-refractivity contribution in [3.05, 3.63) is 23.5 Å². The van der Waals surface area contributed by atoms with Gasteiger partial charge in [-0.3, -0.25) is 4.79 Å². The molecular formula is C17H25NO2. The van der Waals surface area contributed by atoms with Gasteiger partial charge in [0, 0.05) is 43.6 Å². The molecule has 1 aliphatic carbocycles. The summed E-state index contributed by atoms with van der Waals surface area (Å²) in [5.41, 5.74) is 2.60. The molecule has 3 rings (SSSR count). The Labute approximate surface area is 121 Å². The fraction of sp³-hybridized carbons (Fsp3) is 0.706. The van der Waals surface area contributed by atoms with E-state index in [-0.39, 0.29) is 5.41 Å². The van der Waals surface area contributed by atoms with E-state index in [0.717, 1.165) is 44.6 Å². The number of carbonyl (C=O) groups excluding carboxylic acids is 1. The minimum absolute atomic E-state index is 0.0940. The number of rotatable bonds is 2. The van der Waals surface area contributed by atoms with Gasteiger partial charge in [0.15, 0.2) is 5.78 Å². The molecule has 2 heterocycles. The van der Waals surface area contributed by atoms with Gasteiger partial charge in [0.05, 0.1) is 0 Å². The summed E-state index contributed by atoms with van der Waals surface area (Å²) >= 11 is 0. The Balaban J connectivity index is 1.87. The van der Waals surface area contributed by atoms with Crippen LogP contribution in [0.4, 0.5) is 0 Å². The lowest BCUT2D eigenvalue weighted by molar-refractivity contribution is 0.0149. The molecule has 1 saturated heterocycles. The number of nitrogens with zero attached hydrogens (tertiary/aromatic N) is 1. The number of fused-ring (bicyclic) bond motifs is 1. The molecule has 3 heteroatoms. The van der Waals surface area contributed by atoms with Gasteiger partial charge in [0.25, 0.3) is 0 Å². The Bertz CT molecular complexity index is 521. The molecule has 0 spiro atoms. The van der Waals surface area contributed by atoms with Crippen molar-refractivity contribution in [3.63, 3.8) is 0 Å². The van der Waals surface area contributed by atoms with Gasteiger partial charge in [-0.15, -0.1) is 0 Å². The summed E-state index contributed by atoms with van der Waals surface area (Å²) in [6.45, 7) is 9.48. The average molecular weight is 275 g/mol. The second kappa shape index (κ2) is 4.73. The van der Waals surface area contributed by atoms with Crippen LogP contribution in [-0.2, 0) is 17.7 Å². The Morgan fingerprint density at radius 3 is 2.60 bits per heavy atom. The van der Waals surface area contributed by atoms with Gasteiger partial charge in [-0.2, -0.15) is 0 Å². The monoisotopic (exact) mass is 275 g/mol. The maximum atomic E-state index is 12.3. The molecule has 0 unspecified atom stereocenters. The second-order valence-corrected chi connectivity index (χ2v) is 7.67. The van der Waals surface area contributed by atoms with Crippen LogP contribution < -0.4 is 0 Å². The summed E-state index contributed by atoms with van der Waals surface area (Å²) in [5.74, 6) is 0.312. The van der Waals surface area contributed by atoms with Crippen molar-refractivity contribution in [2.24, 2.45) is 10.8 Å². The van der Waals surface area contributed by atoms with Gasteiger partial charge in [-0.05, 0) is 36.2 Å². The smallest absolute Gasteiger partial charge is 0.165 e. The van der Waals surface area contributed by atoms with Crippen molar-refractivity contribution in [2.75, 3.05) is 13.2 Å². The van der Waals surface area contributed by atoms with Crippen molar-refractivity contribution in [1.29, 1.82) is 0 Å². The van der Waals surface area contributed by atoms with E-state index in [4.69, 9.17) is 4.74 Å². The van der Waals surface area contributed by atoms with Crippen LogP contribution in [0.2, 0.25) is 0 Å². The predicted octanol–water partition coefficient (Wildman–Crippen LogP) is 3.46. The van der Waals surface area contributed by atoms with Gasteiger partial charge in [0.2, 0.25) is 0 Å². The van der Waals surface area contributed by atoms with E-state index in [1.165, 1.54) is 5.69 Å². The van der Waals surface area contributed by atoms with Crippen molar-refractivity contribution < 1.29 is 9.53 Å². The standard InChI is InChI=1S/C17H25NO2/c1-16(2)10-14-13(15(19)11-16)4-7-18(14)12-17(3)5-8-20-9-6-17/h4,7H,5-6,8-12H2,1-3H3. The Morgan fingerprint density at radius 2 is 1.90 bits per heavy atom. The zero-order valence-corrected chi connectivity index (χ0v) is 12.9. The fourth-order valence-electron chi connectivity index (χ4n) is 3.58. The van der Waals surface area contributed by atoms with E-state index >= 15 is 0 Å². The normalized spacial score (nSPS) is 24.4. The molecular weight excluding hydrogens is 250 g/mol. The Hall–Kier alpha value is -1.09. The quantitative estimate of drug-likeness (QED) is 0.827. The van der Waals surface area contributed by atoms with Crippen LogP contribution in [0.15, 0.2) is 12.3 Å². The molecule has 0 aromatic carbocycles. The average Bonchev–Trinajstić information content (AvgIpc) is 2.71. The van der Waals surface area contributed by atoms with E-state index in [1.54, 1.807) is 0 Å². The first-order valence-electron chi connectivity index (χ1n) is 7.68. The first kappa shape index (κ1) is 13.9. The summed E-state index contributed by atoms with van der Waals surface area (Å²) in [7, 11) is 0. The SMILES string of the molecule is CC1(C)CC(=O)c2ccn(CC3(C)CCOCC3)c2C1. The highest BCUT2D eigenvalue weighted by atomic mass is 16.5. The number of hydrogen-bond donors (Lipinski definition) is 0. The summed E-state index contributed by atoms with van der Waals surface area (Å²) in [5, 5.41) is 0. The third-order valence-corrected chi connectivity index (χ3v) is 4.92. The summed E-state index contributed by atoms with van der Waals surface area (Å²) < 4.78 is 7.82. The van der Waals surface area contributed by atoms with Crippen molar-refractivity contribution >= 4 is 5.78 Å². The first-order chi connectivity index (χ1) is 9.39. The van der Waals surface area contributed by atoms with E-state index in [1.807, 2.05) is 6.07 Å². The number of carbonyl (C=O) groups is 1. The number of ketones is 1. The lowest BCUT2D eigenvalue weighted by Crippen LogP contribution is -2.33. The van der Waals surface area contributed by atoms with Crippen molar-refractivity contribution in [2.45, 2.75) is 53.0 Å². The van der Waals surface area contributed by atoms with Gasteiger partial charge < -0.3 is 9.30 Å². The number of Topliss-reactive ketones (excluding diaryl/α,β-unsaturated/α-hetero) is 1.